The molecule has 1 saturated heterocycles. The highest BCUT2D eigenvalue weighted by atomic mass is 35.5. The van der Waals surface area contributed by atoms with Gasteiger partial charge in [-0.2, -0.15) is 0 Å². The summed E-state index contributed by atoms with van der Waals surface area (Å²) >= 11 is 12.5. The number of allylic oxidation sites excluding steroid dienone is 1. The average Bonchev–Trinajstić information content (AvgIpc) is 2.45. The Hall–Kier alpha value is 0.0400. The molecule has 0 aromatic heterocycles. The highest BCUT2D eigenvalue weighted by Crippen LogP contribution is 2.35. The molecule has 1 aliphatic rings. The van der Waals surface area contributed by atoms with Gasteiger partial charge in [0.25, 0.3) is 0 Å². The molecule has 2 rings (SSSR count). The van der Waals surface area contributed by atoms with Crippen LogP contribution in [0.1, 0.15) is 24.4 Å². The Balaban J connectivity index is 0.00000200. The summed E-state index contributed by atoms with van der Waals surface area (Å²) in [5.74, 6) is 0. The van der Waals surface area contributed by atoms with Gasteiger partial charge in [-0.25, -0.2) is 0 Å². The van der Waals surface area contributed by atoms with Gasteiger partial charge >= 0.3 is 0 Å². The van der Waals surface area contributed by atoms with E-state index in [1.165, 1.54) is 0 Å². The lowest BCUT2D eigenvalue weighted by molar-refractivity contribution is 0.166. The molecule has 1 N–H and O–H groups in total. The van der Waals surface area contributed by atoms with Crippen molar-refractivity contribution in [2.75, 3.05) is 26.2 Å². The van der Waals surface area contributed by atoms with Crippen LogP contribution in [0.15, 0.2) is 30.9 Å². The minimum atomic E-state index is 0. The zero-order valence-electron chi connectivity index (χ0n) is 11.9. The summed E-state index contributed by atoms with van der Waals surface area (Å²) in [5, 5.41) is 4.71. The van der Waals surface area contributed by atoms with Gasteiger partial charge in [-0.1, -0.05) is 41.4 Å². The summed E-state index contributed by atoms with van der Waals surface area (Å²) in [5.41, 5.74) is 1.14. The third-order valence-corrected chi connectivity index (χ3v) is 4.41. The van der Waals surface area contributed by atoms with Crippen molar-refractivity contribution in [1.82, 2.24) is 10.2 Å². The quantitative estimate of drug-likeness (QED) is 0.751. The molecule has 6 heteroatoms. The average molecular weight is 372 g/mol. The lowest BCUT2D eigenvalue weighted by Crippen LogP contribution is -2.45. The summed E-state index contributed by atoms with van der Waals surface area (Å²) in [6, 6.07) is 6.23. The highest BCUT2D eigenvalue weighted by Gasteiger charge is 2.23. The first kappa shape index (κ1) is 21.0. The van der Waals surface area contributed by atoms with Crippen molar-refractivity contribution < 1.29 is 0 Å². The molecule has 1 heterocycles. The van der Waals surface area contributed by atoms with E-state index in [9.17, 15) is 0 Å². The Morgan fingerprint density at radius 3 is 2.52 bits per heavy atom. The molecule has 1 aromatic carbocycles. The summed E-state index contributed by atoms with van der Waals surface area (Å²) in [4.78, 5) is 2.48. The molecular weight excluding hydrogens is 350 g/mol. The molecule has 0 unspecified atom stereocenters. The molecule has 1 aromatic rings. The van der Waals surface area contributed by atoms with Crippen molar-refractivity contribution in [3.63, 3.8) is 0 Å². The minimum Gasteiger partial charge on any atom is -0.314 e. The van der Waals surface area contributed by atoms with Gasteiger partial charge in [0.2, 0.25) is 0 Å². The lowest BCUT2D eigenvalue weighted by Gasteiger charge is -2.35. The van der Waals surface area contributed by atoms with Crippen LogP contribution in [0.4, 0.5) is 0 Å². The number of rotatable bonds is 5. The number of hydrogen-bond acceptors (Lipinski definition) is 2. The normalized spacial score (nSPS) is 16.5. The van der Waals surface area contributed by atoms with E-state index in [4.69, 9.17) is 23.2 Å². The fourth-order valence-corrected chi connectivity index (χ4v) is 3.02. The van der Waals surface area contributed by atoms with Gasteiger partial charge < -0.3 is 5.32 Å². The Bertz CT molecular complexity index is 434. The second-order valence-electron chi connectivity index (χ2n) is 4.81. The van der Waals surface area contributed by atoms with Gasteiger partial charge in [-0.15, -0.1) is 31.4 Å². The minimum absolute atomic E-state index is 0. The predicted molar refractivity (Wildman–Crippen MR) is 97.6 cm³/mol. The lowest BCUT2D eigenvalue weighted by atomic mass is 9.99. The van der Waals surface area contributed by atoms with Crippen molar-refractivity contribution in [3.8, 4) is 0 Å². The van der Waals surface area contributed by atoms with Gasteiger partial charge in [-0.3, -0.25) is 4.90 Å². The molecule has 0 amide bonds. The van der Waals surface area contributed by atoms with Crippen LogP contribution < -0.4 is 5.32 Å². The van der Waals surface area contributed by atoms with Gasteiger partial charge in [-0.05, 0) is 24.5 Å². The molecule has 0 aliphatic carbocycles. The van der Waals surface area contributed by atoms with Gasteiger partial charge in [0.1, 0.15) is 0 Å². The van der Waals surface area contributed by atoms with E-state index >= 15 is 0 Å². The second-order valence-corrected chi connectivity index (χ2v) is 5.60. The van der Waals surface area contributed by atoms with E-state index < -0.39 is 0 Å². The van der Waals surface area contributed by atoms with E-state index in [0.717, 1.165) is 44.6 Å². The first-order valence-electron chi connectivity index (χ1n) is 6.73. The first-order valence-corrected chi connectivity index (χ1v) is 7.49. The summed E-state index contributed by atoms with van der Waals surface area (Å²) in [6.07, 6.45) is 3.98. The van der Waals surface area contributed by atoms with Crippen LogP contribution in [0, 0.1) is 0 Å². The van der Waals surface area contributed by atoms with Crippen molar-refractivity contribution in [2.24, 2.45) is 0 Å². The van der Waals surface area contributed by atoms with Gasteiger partial charge in [0, 0.05) is 32.2 Å². The maximum atomic E-state index is 6.39. The Morgan fingerprint density at radius 2 is 1.90 bits per heavy atom. The van der Waals surface area contributed by atoms with Crippen LogP contribution >= 0.6 is 48.0 Å². The molecule has 0 saturated carbocycles. The maximum Gasteiger partial charge on any atom is 0.0640 e. The maximum absolute atomic E-state index is 6.39. The molecule has 0 spiro atoms. The number of benzene rings is 1. The summed E-state index contributed by atoms with van der Waals surface area (Å²) < 4.78 is 0. The van der Waals surface area contributed by atoms with Crippen LogP contribution in [0.5, 0.6) is 0 Å². The van der Waals surface area contributed by atoms with Crippen LogP contribution in [-0.4, -0.2) is 31.1 Å². The third kappa shape index (κ3) is 5.63. The molecule has 2 nitrogen and oxygen atoms in total. The summed E-state index contributed by atoms with van der Waals surface area (Å²) in [7, 11) is 0. The zero-order chi connectivity index (χ0) is 13.7. The van der Waals surface area contributed by atoms with E-state index in [2.05, 4.69) is 22.9 Å². The van der Waals surface area contributed by atoms with Crippen molar-refractivity contribution in [3.05, 3.63) is 46.5 Å². The van der Waals surface area contributed by atoms with Crippen molar-refractivity contribution in [1.29, 1.82) is 0 Å². The predicted octanol–water partition coefficient (Wildman–Crippen LogP) is 4.75. The standard InChI is InChI=1S/C15H20Cl2N2.2ClH/c1-2-3-7-14(19-10-8-18-9-11-19)12-5-4-6-13(16)15(12)17;;/h2,4-6,14,18H,1,3,7-11H2;2*1H/t14-;;/m1../s1. The van der Waals surface area contributed by atoms with Gasteiger partial charge in [0.15, 0.2) is 0 Å². The van der Waals surface area contributed by atoms with E-state index in [0.29, 0.717) is 16.1 Å². The molecule has 1 aliphatic heterocycles. The van der Waals surface area contributed by atoms with Crippen LogP contribution in [0.3, 0.4) is 0 Å². The SMILES string of the molecule is C=CCC[C@H](c1cccc(Cl)c1Cl)N1CCNCC1.Cl.Cl. The fourth-order valence-electron chi connectivity index (χ4n) is 2.58. The van der Waals surface area contributed by atoms with Crippen molar-refractivity contribution in [2.45, 2.75) is 18.9 Å². The van der Waals surface area contributed by atoms with Gasteiger partial charge in [0.05, 0.1) is 10.0 Å². The van der Waals surface area contributed by atoms with Crippen LogP contribution in [-0.2, 0) is 0 Å². The molecular formula is C15H22Cl4N2. The van der Waals surface area contributed by atoms with Crippen LogP contribution in [0.2, 0.25) is 10.0 Å². The molecule has 1 atom stereocenters. The van der Waals surface area contributed by atoms with Crippen molar-refractivity contribution >= 4 is 48.0 Å². The molecule has 0 bridgehead atoms. The molecule has 1 fully saturated rings. The first-order chi connectivity index (χ1) is 9.24. The Kier molecular flexibility index (Phi) is 10.7. The second kappa shape index (κ2) is 10.7. The summed E-state index contributed by atoms with van der Waals surface area (Å²) in [6.45, 7) is 7.98. The molecule has 0 radical (unpaired) electrons. The largest absolute Gasteiger partial charge is 0.314 e. The molecule has 21 heavy (non-hydrogen) atoms. The number of nitrogens with zero attached hydrogens (tertiary/aromatic N) is 1. The highest BCUT2D eigenvalue weighted by molar-refractivity contribution is 6.42. The van der Waals surface area contributed by atoms with E-state index in [1.54, 1.807) is 0 Å². The topological polar surface area (TPSA) is 15.3 Å². The third-order valence-electron chi connectivity index (χ3n) is 3.58. The smallest absolute Gasteiger partial charge is 0.0640 e. The Labute approximate surface area is 149 Å². The number of piperazine rings is 1. The number of nitrogens with one attached hydrogen (secondary N) is 1. The van der Waals surface area contributed by atoms with E-state index in [-0.39, 0.29) is 24.8 Å². The monoisotopic (exact) mass is 370 g/mol. The number of halogens is 4. The zero-order valence-corrected chi connectivity index (χ0v) is 15.0. The van der Waals surface area contributed by atoms with Crippen LogP contribution in [0.25, 0.3) is 0 Å². The number of hydrogen-bond donors (Lipinski definition) is 1. The fraction of sp³-hybridized carbons (Fsp3) is 0.467. The van der Waals surface area contributed by atoms with E-state index in [1.807, 2.05) is 18.2 Å². The Morgan fingerprint density at radius 1 is 1.24 bits per heavy atom. The molecule has 120 valence electrons.